The Labute approximate surface area is 96.7 Å². The van der Waals surface area contributed by atoms with Crippen molar-refractivity contribution >= 4 is 19.7 Å². The maximum Gasteiger partial charge on any atom is 0.129 e. The molecule has 3 heteroatoms. The molecule has 0 aliphatic rings. The average molecular weight is 234 g/mol. The molecule has 0 spiro atoms. The molecule has 1 nitrogen and oxygen atoms in total. The second kappa shape index (κ2) is 4.53. The Morgan fingerprint density at radius 3 is 2.40 bits per heavy atom. The summed E-state index contributed by atoms with van der Waals surface area (Å²) in [5.74, 6) is 3.07. The van der Waals surface area contributed by atoms with E-state index >= 15 is 0 Å². The average Bonchev–Trinajstić information content (AvgIpc) is 2.14. The Morgan fingerprint density at radius 1 is 1.27 bits per heavy atom. The van der Waals surface area contributed by atoms with Crippen molar-refractivity contribution in [2.24, 2.45) is 0 Å². The van der Waals surface area contributed by atoms with Gasteiger partial charge in [-0.15, -0.1) is 5.54 Å². The van der Waals surface area contributed by atoms with Crippen LogP contribution in [0.4, 0.5) is 0 Å². The predicted molar refractivity (Wildman–Crippen MR) is 66.4 cm³/mol. The molecule has 1 rings (SSSR count). The lowest BCUT2D eigenvalue weighted by Crippen LogP contribution is -2.16. The summed E-state index contributed by atoms with van der Waals surface area (Å²) in [5.41, 5.74) is 4.61. The van der Waals surface area contributed by atoms with Crippen molar-refractivity contribution in [3.8, 4) is 17.5 Å². The molecule has 0 aliphatic carbocycles. The third-order valence-electron chi connectivity index (χ3n) is 1.67. The third kappa shape index (κ3) is 3.79. The smallest absolute Gasteiger partial charge is 0.129 e. The first kappa shape index (κ1) is 11.8. The fourth-order valence-corrected chi connectivity index (χ4v) is 1.68. The van der Waals surface area contributed by atoms with Gasteiger partial charge in [0, 0.05) is 5.56 Å². The van der Waals surface area contributed by atoms with E-state index < -0.39 is 8.07 Å². The van der Waals surface area contributed by atoms with Gasteiger partial charge in [0.2, 0.25) is 0 Å². The summed E-state index contributed by atoms with van der Waals surface area (Å²) < 4.78 is 0. The molecule has 0 radical (unpaired) electrons. The lowest BCUT2D eigenvalue weighted by atomic mass is 10.1. The first-order valence-corrected chi connectivity index (χ1v) is 8.53. The fraction of sp³-hybridized carbons (Fsp3) is 0.250. The van der Waals surface area contributed by atoms with Crippen molar-refractivity contribution in [2.75, 3.05) is 0 Å². The van der Waals surface area contributed by atoms with Crippen LogP contribution in [0, 0.1) is 22.8 Å². The van der Waals surface area contributed by atoms with E-state index in [-0.39, 0.29) is 0 Å². The first-order chi connectivity index (χ1) is 6.92. The molecule has 1 aromatic rings. The lowest BCUT2D eigenvalue weighted by Gasteiger charge is -2.03. The Kier molecular flexibility index (Phi) is 3.58. The molecule has 0 N–H and O–H groups in total. The van der Waals surface area contributed by atoms with E-state index in [1.54, 1.807) is 18.2 Å². The summed E-state index contributed by atoms with van der Waals surface area (Å²) in [6.45, 7) is 6.53. The molecule has 0 aromatic heterocycles. The monoisotopic (exact) mass is 233 g/mol. The summed E-state index contributed by atoms with van der Waals surface area (Å²) in [7, 11) is -1.37. The van der Waals surface area contributed by atoms with Gasteiger partial charge >= 0.3 is 0 Å². The highest BCUT2D eigenvalue weighted by Crippen LogP contribution is 2.16. The van der Waals surface area contributed by atoms with Crippen molar-refractivity contribution in [1.82, 2.24) is 0 Å². The van der Waals surface area contributed by atoms with Gasteiger partial charge in [0.25, 0.3) is 0 Å². The topological polar surface area (TPSA) is 23.8 Å². The van der Waals surface area contributed by atoms with E-state index in [1.807, 2.05) is 6.07 Å². The molecule has 0 heterocycles. The number of hydrogen-bond donors (Lipinski definition) is 0. The number of nitriles is 1. The normalized spacial score (nSPS) is 10.1. The minimum Gasteiger partial charge on any atom is -0.192 e. The predicted octanol–water partition coefficient (Wildman–Crippen LogP) is 3.44. The van der Waals surface area contributed by atoms with Gasteiger partial charge in [-0.1, -0.05) is 37.2 Å². The highest BCUT2D eigenvalue weighted by atomic mass is 35.5. The SMILES string of the molecule is C[Si](C)(C)C#Cc1ccc(C#N)cc1Cl. The molecular weight excluding hydrogens is 222 g/mol. The van der Waals surface area contributed by atoms with E-state index in [9.17, 15) is 0 Å². The van der Waals surface area contributed by atoms with Crippen LogP contribution in [-0.4, -0.2) is 8.07 Å². The zero-order chi connectivity index (χ0) is 11.5. The van der Waals surface area contributed by atoms with Gasteiger partial charge in [-0.2, -0.15) is 5.26 Å². The van der Waals surface area contributed by atoms with E-state index in [1.165, 1.54) is 0 Å². The minimum absolute atomic E-state index is 0.555. The van der Waals surface area contributed by atoms with Crippen LogP contribution in [0.25, 0.3) is 0 Å². The number of benzene rings is 1. The van der Waals surface area contributed by atoms with Crippen LogP contribution in [0.3, 0.4) is 0 Å². The van der Waals surface area contributed by atoms with E-state index in [2.05, 4.69) is 31.1 Å². The summed E-state index contributed by atoms with van der Waals surface area (Å²) in [5, 5.41) is 9.23. The maximum absolute atomic E-state index is 8.67. The summed E-state index contributed by atoms with van der Waals surface area (Å²) in [6, 6.07) is 7.23. The zero-order valence-electron chi connectivity index (χ0n) is 9.06. The van der Waals surface area contributed by atoms with Gasteiger partial charge in [-0.25, -0.2) is 0 Å². The van der Waals surface area contributed by atoms with Crippen LogP contribution < -0.4 is 0 Å². The molecule has 0 fully saturated rings. The van der Waals surface area contributed by atoms with Crippen molar-refractivity contribution in [1.29, 1.82) is 5.26 Å². The number of nitrogens with zero attached hydrogens (tertiary/aromatic N) is 1. The van der Waals surface area contributed by atoms with Gasteiger partial charge in [-0.3, -0.25) is 0 Å². The Bertz CT molecular complexity index is 469. The van der Waals surface area contributed by atoms with Gasteiger partial charge in [-0.05, 0) is 18.2 Å². The number of halogens is 1. The zero-order valence-corrected chi connectivity index (χ0v) is 10.8. The number of hydrogen-bond acceptors (Lipinski definition) is 1. The Hall–Kier alpha value is -1.22. The molecule has 0 atom stereocenters. The highest BCUT2D eigenvalue weighted by Gasteiger charge is 2.08. The quantitative estimate of drug-likeness (QED) is 0.498. The van der Waals surface area contributed by atoms with Crippen LogP contribution in [0.1, 0.15) is 11.1 Å². The van der Waals surface area contributed by atoms with Gasteiger partial charge in [0.05, 0.1) is 16.7 Å². The summed E-state index contributed by atoms with van der Waals surface area (Å²) in [6.07, 6.45) is 0. The fourth-order valence-electron chi connectivity index (χ4n) is 0.941. The summed E-state index contributed by atoms with van der Waals surface area (Å²) >= 11 is 6.00. The Balaban J connectivity index is 3.07. The van der Waals surface area contributed by atoms with Crippen molar-refractivity contribution < 1.29 is 0 Å². The molecule has 0 aliphatic heterocycles. The molecule has 0 saturated carbocycles. The van der Waals surface area contributed by atoms with Gasteiger partial charge in [0.15, 0.2) is 0 Å². The molecule has 0 saturated heterocycles. The first-order valence-electron chi connectivity index (χ1n) is 4.65. The molecule has 0 unspecified atom stereocenters. The third-order valence-corrected chi connectivity index (χ3v) is 2.86. The van der Waals surface area contributed by atoms with Crippen LogP contribution in [0.5, 0.6) is 0 Å². The van der Waals surface area contributed by atoms with Crippen LogP contribution in [0.15, 0.2) is 18.2 Å². The summed E-state index contributed by atoms with van der Waals surface area (Å²) in [4.78, 5) is 0. The largest absolute Gasteiger partial charge is 0.192 e. The van der Waals surface area contributed by atoms with E-state index in [4.69, 9.17) is 16.9 Å². The molecular formula is C12H12ClNSi. The van der Waals surface area contributed by atoms with Gasteiger partial charge < -0.3 is 0 Å². The second-order valence-corrected chi connectivity index (χ2v) is 9.46. The Morgan fingerprint density at radius 2 is 1.93 bits per heavy atom. The van der Waals surface area contributed by atoms with Crippen LogP contribution >= 0.6 is 11.6 Å². The molecule has 1 aromatic carbocycles. The van der Waals surface area contributed by atoms with Crippen LogP contribution in [-0.2, 0) is 0 Å². The second-order valence-electron chi connectivity index (χ2n) is 4.31. The van der Waals surface area contributed by atoms with Crippen molar-refractivity contribution in [3.63, 3.8) is 0 Å². The standard InChI is InChI=1S/C12H12ClNSi/c1-15(2,3)7-6-11-5-4-10(9-14)8-12(11)13/h4-5,8H,1-3H3. The molecule has 76 valence electrons. The van der Waals surface area contributed by atoms with Crippen molar-refractivity contribution in [2.45, 2.75) is 19.6 Å². The molecule has 0 amide bonds. The van der Waals surface area contributed by atoms with E-state index in [0.29, 0.717) is 10.6 Å². The molecule has 0 bridgehead atoms. The van der Waals surface area contributed by atoms with Gasteiger partial charge in [0.1, 0.15) is 8.07 Å². The maximum atomic E-state index is 8.67. The lowest BCUT2D eigenvalue weighted by molar-refractivity contribution is 1.48. The minimum atomic E-state index is -1.37. The highest BCUT2D eigenvalue weighted by molar-refractivity contribution is 6.83. The van der Waals surface area contributed by atoms with Crippen molar-refractivity contribution in [3.05, 3.63) is 34.3 Å². The molecule has 15 heavy (non-hydrogen) atoms. The number of rotatable bonds is 0. The van der Waals surface area contributed by atoms with E-state index in [0.717, 1.165) is 5.56 Å². The van der Waals surface area contributed by atoms with Crippen LogP contribution in [0.2, 0.25) is 24.7 Å².